The van der Waals surface area contributed by atoms with E-state index in [1.807, 2.05) is 0 Å². The smallest absolute Gasteiger partial charge is 0.354 e. The fourth-order valence-corrected chi connectivity index (χ4v) is 3.31. The molecule has 0 saturated heterocycles. The minimum Gasteiger partial charge on any atom is -0.477 e. The number of primary sulfonamides is 1. The first-order valence-corrected chi connectivity index (χ1v) is 9.30. The Morgan fingerprint density at radius 3 is 2.12 bits per heavy atom. The quantitative estimate of drug-likeness (QED) is 0.709. The zero-order valence-corrected chi connectivity index (χ0v) is 15.1. The second-order valence-electron chi connectivity index (χ2n) is 5.58. The fraction of sp³-hybridized carbons (Fsp3) is 0.0588. The molecule has 1 aromatic heterocycles. The number of carboxylic acids is 1. The third kappa shape index (κ3) is 3.34. The molecule has 0 radical (unpaired) electrons. The molecule has 0 aliphatic heterocycles. The molecule has 0 amide bonds. The molecule has 0 spiro atoms. The zero-order valence-electron chi connectivity index (χ0n) is 13.5. The van der Waals surface area contributed by atoms with E-state index in [0.29, 0.717) is 27.4 Å². The molecular formula is C17H14ClN3O4S. The van der Waals surface area contributed by atoms with Crippen LogP contribution in [0.25, 0.3) is 22.4 Å². The number of carboxylic acid groups (broad SMARTS) is 1. The van der Waals surface area contributed by atoms with Crippen molar-refractivity contribution < 1.29 is 18.3 Å². The van der Waals surface area contributed by atoms with Gasteiger partial charge in [-0.3, -0.25) is 4.68 Å². The highest BCUT2D eigenvalue weighted by atomic mass is 35.5. The minimum absolute atomic E-state index is 0.0119. The summed E-state index contributed by atoms with van der Waals surface area (Å²) < 4.78 is 24.1. The van der Waals surface area contributed by atoms with Crippen molar-refractivity contribution in [3.8, 4) is 22.4 Å². The van der Waals surface area contributed by atoms with Crippen LogP contribution in [-0.2, 0) is 17.1 Å². The first-order valence-electron chi connectivity index (χ1n) is 7.38. The number of rotatable bonds is 4. The van der Waals surface area contributed by atoms with Gasteiger partial charge in [-0.25, -0.2) is 18.4 Å². The summed E-state index contributed by atoms with van der Waals surface area (Å²) in [5.41, 5.74) is 2.03. The SMILES string of the molecule is Cn1nc(-c2ccc(S(N)(=O)=O)cc2)c(-c2ccc(Cl)cc2)c1C(=O)O. The Morgan fingerprint density at radius 2 is 1.62 bits per heavy atom. The minimum atomic E-state index is -3.82. The molecule has 0 unspecified atom stereocenters. The average molecular weight is 392 g/mol. The van der Waals surface area contributed by atoms with Crippen LogP contribution in [0.1, 0.15) is 10.5 Å². The maximum Gasteiger partial charge on any atom is 0.354 e. The summed E-state index contributed by atoms with van der Waals surface area (Å²) in [6, 6.07) is 12.5. The van der Waals surface area contributed by atoms with E-state index in [2.05, 4.69) is 5.10 Å². The van der Waals surface area contributed by atoms with E-state index >= 15 is 0 Å². The molecule has 7 nitrogen and oxygen atoms in total. The molecule has 1 heterocycles. The fourth-order valence-electron chi connectivity index (χ4n) is 2.66. The van der Waals surface area contributed by atoms with Gasteiger partial charge in [0.2, 0.25) is 10.0 Å². The number of nitrogens with two attached hydrogens (primary N) is 1. The number of aromatic carboxylic acids is 1. The van der Waals surface area contributed by atoms with Gasteiger partial charge >= 0.3 is 5.97 Å². The first-order chi connectivity index (χ1) is 12.2. The van der Waals surface area contributed by atoms with E-state index in [4.69, 9.17) is 16.7 Å². The van der Waals surface area contributed by atoms with E-state index in [0.717, 1.165) is 0 Å². The molecule has 0 aliphatic rings. The van der Waals surface area contributed by atoms with Crippen LogP contribution in [0.5, 0.6) is 0 Å². The monoisotopic (exact) mass is 391 g/mol. The Kier molecular flexibility index (Phi) is 4.57. The van der Waals surface area contributed by atoms with Crippen LogP contribution in [0.3, 0.4) is 0 Å². The number of nitrogens with zero attached hydrogens (tertiary/aromatic N) is 2. The molecule has 9 heteroatoms. The van der Waals surface area contributed by atoms with Crippen molar-refractivity contribution in [2.45, 2.75) is 4.90 Å². The molecule has 0 bridgehead atoms. The van der Waals surface area contributed by atoms with Crippen LogP contribution in [0.4, 0.5) is 0 Å². The second kappa shape index (κ2) is 6.56. The zero-order chi connectivity index (χ0) is 19.1. The molecule has 26 heavy (non-hydrogen) atoms. The summed E-state index contributed by atoms with van der Waals surface area (Å²) in [6.07, 6.45) is 0. The largest absolute Gasteiger partial charge is 0.477 e. The number of aryl methyl sites for hydroxylation is 1. The molecule has 0 saturated carbocycles. The van der Waals surface area contributed by atoms with Gasteiger partial charge in [0.15, 0.2) is 5.69 Å². The van der Waals surface area contributed by atoms with Gasteiger partial charge in [0.05, 0.1) is 4.90 Å². The highest BCUT2D eigenvalue weighted by molar-refractivity contribution is 7.89. The normalized spacial score (nSPS) is 11.5. The van der Waals surface area contributed by atoms with Crippen LogP contribution >= 0.6 is 11.6 Å². The van der Waals surface area contributed by atoms with Crippen molar-refractivity contribution in [2.24, 2.45) is 12.2 Å². The van der Waals surface area contributed by atoms with Crippen LogP contribution in [0.2, 0.25) is 5.02 Å². The Morgan fingerprint density at radius 1 is 1.08 bits per heavy atom. The summed E-state index contributed by atoms with van der Waals surface area (Å²) in [7, 11) is -2.29. The van der Waals surface area contributed by atoms with Crippen molar-refractivity contribution in [1.29, 1.82) is 0 Å². The van der Waals surface area contributed by atoms with E-state index in [1.165, 1.54) is 36.0 Å². The third-order valence-electron chi connectivity index (χ3n) is 3.84. The first kappa shape index (κ1) is 18.1. The predicted molar refractivity (Wildman–Crippen MR) is 97.4 cm³/mol. The van der Waals surface area contributed by atoms with Crippen molar-refractivity contribution in [3.05, 3.63) is 59.2 Å². The standard InChI is InChI=1S/C17H14ClN3O4S/c1-21-16(17(22)23)14(10-2-6-12(18)7-3-10)15(20-21)11-4-8-13(9-5-11)26(19,24)25/h2-9H,1H3,(H,22,23)(H2,19,24,25). The summed E-state index contributed by atoms with van der Waals surface area (Å²) in [5, 5.41) is 19.5. The van der Waals surface area contributed by atoms with Gasteiger partial charge in [-0.05, 0) is 29.8 Å². The van der Waals surface area contributed by atoms with Crippen molar-refractivity contribution in [3.63, 3.8) is 0 Å². The van der Waals surface area contributed by atoms with E-state index < -0.39 is 16.0 Å². The van der Waals surface area contributed by atoms with Crippen molar-refractivity contribution in [1.82, 2.24) is 9.78 Å². The highest BCUT2D eigenvalue weighted by Gasteiger charge is 2.24. The predicted octanol–water partition coefficient (Wildman–Crippen LogP) is 2.75. The maximum absolute atomic E-state index is 11.7. The molecule has 134 valence electrons. The molecular weight excluding hydrogens is 378 g/mol. The number of benzene rings is 2. The van der Waals surface area contributed by atoms with Gasteiger partial charge in [0.25, 0.3) is 0 Å². The lowest BCUT2D eigenvalue weighted by Crippen LogP contribution is -2.11. The van der Waals surface area contributed by atoms with Gasteiger partial charge in [-0.2, -0.15) is 5.10 Å². The lowest BCUT2D eigenvalue weighted by atomic mass is 9.99. The van der Waals surface area contributed by atoms with Crippen molar-refractivity contribution in [2.75, 3.05) is 0 Å². The second-order valence-corrected chi connectivity index (χ2v) is 7.58. The van der Waals surface area contributed by atoms with Gasteiger partial charge in [-0.1, -0.05) is 35.9 Å². The lowest BCUT2D eigenvalue weighted by Gasteiger charge is -2.06. The maximum atomic E-state index is 11.7. The van der Waals surface area contributed by atoms with Gasteiger partial charge < -0.3 is 5.11 Å². The van der Waals surface area contributed by atoms with Crippen LogP contribution in [-0.4, -0.2) is 29.3 Å². The number of carbonyl (C=O) groups is 1. The number of aromatic nitrogens is 2. The number of sulfonamides is 1. The van der Waals surface area contributed by atoms with Crippen LogP contribution < -0.4 is 5.14 Å². The highest BCUT2D eigenvalue weighted by Crippen LogP contribution is 2.35. The van der Waals surface area contributed by atoms with Crippen LogP contribution in [0.15, 0.2) is 53.4 Å². The van der Waals surface area contributed by atoms with Crippen molar-refractivity contribution >= 4 is 27.6 Å². The molecule has 3 rings (SSSR count). The summed E-state index contributed by atoms with van der Waals surface area (Å²) in [4.78, 5) is 11.7. The van der Waals surface area contributed by atoms with Gasteiger partial charge in [-0.15, -0.1) is 0 Å². The van der Waals surface area contributed by atoms with E-state index in [9.17, 15) is 18.3 Å². The Balaban J connectivity index is 2.23. The third-order valence-corrected chi connectivity index (χ3v) is 5.02. The lowest BCUT2D eigenvalue weighted by molar-refractivity contribution is 0.0686. The molecule has 0 atom stereocenters. The molecule has 3 aromatic rings. The summed E-state index contributed by atoms with van der Waals surface area (Å²) in [5.74, 6) is -1.13. The summed E-state index contributed by atoms with van der Waals surface area (Å²) in [6.45, 7) is 0. The van der Waals surface area contributed by atoms with E-state index in [-0.39, 0.29) is 10.6 Å². The average Bonchev–Trinajstić information content (AvgIpc) is 2.92. The molecule has 2 aromatic carbocycles. The number of hydrogen-bond donors (Lipinski definition) is 2. The Bertz CT molecular complexity index is 1090. The molecule has 0 fully saturated rings. The summed E-state index contributed by atoms with van der Waals surface area (Å²) >= 11 is 5.92. The van der Waals surface area contributed by atoms with Gasteiger partial charge in [0.1, 0.15) is 5.69 Å². The van der Waals surface area contributed by atoms with Gasteiger partial charge in [0, 0.05) is 23.2 Å². The van der Waals surface area contributed by atoms with E-state index in [1.54, 1.807) is 24.3 Å². The molecule has 0 aliphatic carbocycles. The Hall–Kier alpha value is -2.68. The van der Waals surface area contributed by atoms with Crippen LogP contribution in [0, 0.1) is 0 Å². The Labute approximate surface area is 154 Å². The number of halogens is 1. The number of hydrogen-bond acceptors (Lipinski definition) is 4. The molecule has 3 N–H and O–H groups in total. The topological polar surface area (TPSA) is 115 Å².